The Hall–Kier alpha value is -6.56. The average molecular weight is 1340 g/mol. The number of amides is 11. The van der Waals surface area contributed by atoms with Crippen LogP contribution in [0.15, 0.2) is 42.5 Å². The highest BCUT2D eigenvalue weighted by Crippen LogP contribution is 2.29. The third-order valence-corrected chi connectivity index (χ3v) is 18.8. The molecule has 13 atom stereocenters. The van der Waals surface area contributed by atoms with Gasteiger partial charge in [0.2, 0.25) is 59.1 Å². The third kappa shape index (κ3) is 22.3. The van der Waals surface area contributed by atoms with E-state index in [1.54, 1.807) is 66.0 Å². The topological polar surface area (TPSA) is 270 Å². The molecule has 0 saturated carbocycles. The fourth-order valence-corrected chi connectivity index (χ4v) is 13.0. The van der Waals surface area contributed by atoms with Crippen LogP contribution in [0.5, 0.6) is 0 Å². The summed E-state index contributed by atoms with van der Waals surface area (Å²) in [6, 6.07) is -3.57. The van der Waals surface area contributed by atoms with E-state index in [1.165, 1.54) is 97.5 Å². The average Bonchev–Trinajstić information content (AvgIpc) is 0.803. The number of carbonyl (C=O) groups is 11. The van der Waals surface area contributed by atoms with Crippen LogP contribution in [0.2, 0.25) is 0 Å². The highest BCUT2D eigenvalue weighted by atomic mass is 32.2. The summed E-state index contributed by atoms with van der Waals surface area (Å²) in [5.41, 5.74) is 0.674. The number of hydrogen-bond donors (Lipinski definition) is 4. The highest BCUT2D eigenvalue weighted by Gasteiger charge is 2.47. The third-order valence-electron chi connectivity index (χ3n) is 17.9. The molecule has 1 aliphatic heterocycles. The summed E-state index contributed by atoms with van der Waals surface area (Å²) in [6.07, 6.45) is 4.57. The number of allylic oxidation sites excluding steroid dienone is 2. The fraction of sp³-hybridized carbons (Fsp3) is 0.729. The molecule has 0 spiro atoms. The molecule has 24 heteroatoms. The molecule has 532 valence electrons. The minimum atomic E-state index is -1.64. The Morgan fingerprint density at radius 2 is 0.883 bits per heavy atom. The number of rotatable bonds is 18. The van der Waals surface area contributed by atoms with Gasteiger partial charge in [-0.15, -0.1) is 11.8 Å². The molecule has 1 fully saturated rings. The maximum Gasteiger partial charge on any atom is 0.256 e. The highest BCUT2D eigenvalue weighted by molar-refractivity contribution is 7.99. The summed E-state index contributed by atoms with van der Waals surface area (Å²) in [5.74, 6) is -9.81. The van der Waals surface area contributed by atoms with Crippen molar-refractivity contribution in [1.82, 2.24) is 55.1 Å². The molecule has 94 heavy (non-hydrogen) atoms. The maximum atomic E-state index is 15.8. The van der Waals surface area contributed by atoms with Crippen LogP contribution in [-0.2, 0) is 59.3 Å². The first-order valence-corrected chi connectivity index (χ1v) is 34.9. The molecule has 0 bridgehead atoms. The van der Waals surface area contributed by atoms with Crippen molar-refractivity contribution < 1.29 is 57.8 Å². The Morgan fingerprint density at radius 1 is 0.468 bits per heavy atom. The normalized spacial score (nSPS) is 26.3. The lowest BCUT2D eigenvalue weighted by molar-refractivity contribution is -0.157. The van der Waals surface area contributed by atoms with Crippen molar-refractivity contribution in [2.24, 2.45) is 41.4 Å². The molecule has 1 aliphatic rings. The molecule has 0 aromatic heterocycles. The molecule has 1 aromatic rings. The predicted octanol–water partition coefficient (Wildman–Crippen LogP) is 5.87. The van der Waals surface area contributed by atoms with Gasteiger partial charge in [0.25, 0.3) is 5.91 Å². The molecule has 1 unspecified atom stereocenters. The van der Waals surface area contributed by atoms with Gasteiger partial charge in [0.1, 0.15) is 60.4 Å². The second kappa shape index (κ2) is 38.3. The molecule has 1 saturated heterocycles. The molecule has 1 heterocycles. The number of carbonyl (C=O) groups excluding carboxylic acids is 11. The Balaban J connectivity index is 3.17. The van der Waals surface area contributed by atoms with Crippen LogP contribution >= 0.6 is 11.8 Å². The van der Waals surface area contributed by atoms with Crippen molar-refractivity contribution in [2.75, 3.05) is 55.6 Å². The van der Waals surface area contributed by atoms with Crippen molar-refractivity contribution in [3.8, 4) is 0 Å². The standard InChI is InChI=1S/C70H119N11O12S/c1-26-28-32-46(15)58(82)57-61(85)73-50(27-2)63(87)80(24)70(94-25)69(93)77(21)54(38-43(9)10)66(90)81(39-49-33-30-29-31-34-49)56(45(13)14)68(92)74(18)51(35-40(3)4)60(84)71-47(16)59(83)72-48(17)62(86)75(19)52(36-41(5)6)64(88)76(20)53(37-42(7)8)65(89)78(22)55(44(11)12)67(91)79(57)23/h26,28-31,33-34,40-48,50-58,70,82H,27,32,35-39H2,1-25H3,(H,71,84)(H,72,83)(H,73,85)/b28-26+/t46-,47+,48-,50+,51+,52+,53+,54+,55+,56-,57+,58-,70?/m1/s1. The summed E-state index contributed by atoms with van der Waals surface area (Å²) in [6.45, 7) is 30.1. The molecule has 1 aromatic carbocycles. The first-order chi connectivity index (χ1) is 43.7. The Labute approximate surface area is 567 Å². The summed E-state index contributed by atoms with van der Waals surface area (Å²) in [7, 11) is 10.1. The lowest BCUT2D eigenvalue weighted by atomic mass is 9.91. The van der Waals surface area contributed by atoms with Crippen LogP contribution in [0.1, 0.15) is 162 Å². The quantitative estimate of drug-likeness (QED) is 0.125. The second-order valence-electron chi connectivity index (χ2n) is 28.3. The molecular formula is C70H119N11O12S. The van der Waals surface area contributed by atoms with Gasteiger partial charge < -0.3 is 60.3 Å². The van der Waals surface area contributed by atoms with Crippen LogP contribution in [0.25, 0.3) is 0 Å². The van der Waals surface area contributed by atoms with Crippen LogP contribution in [0.3, 0.4) is 0 Å². The molecule has 0 radical (unpaired) electrons. The summed E-state index contributed by atoms with van der Waals surface area (Å²) in [4.78, 5) is 176. The zero-order chi connectivity index (χ0) is 72.2. The SMILES string of the molecule is C/C=C/C[C@@H](C)[C@@H](O)[C@H]1C(=O)N[C@@H](CC)C(=O)N(C)C(SC)C(=O)N(C)[C@@H](CC(C)C)C(=O)N(Cc2ccccc2)[C@H](C(C)C)C(=O)N(C)[C@@H](CC(C)C)C(=O)N[C@@H](C)C(=O)N[C@H](C)C(=O)N(C)[C@@H](CC(C)C)C(=O)N(C)[C@@H](CC(C)C)C(=O)N(C)[C@@H](C(C)C)C(=O)N1C. The molecule has 4 N–H and O–H groups in total. The predicted molar refractivity (Wildman–Crippen MR) is 370 cm³/mol. The van der Waals surface area contributed by atoms with Crippen molar-refractivity contribution >= 4 is 76.7 Å². The molecule has 23 nitrogen and oxygen atoms in total. The number of aliphatic hydroxyl groups excluding tert-OH is 1. The van der Waals surface area contributed by atoms with Gasteiger partial charge in [-0.05, 0) is 113 Å². The van der Waals surface area contributed by atoms with E-state index < -0.39 is 155 Å². The number of likely N-dealkylation sites (N-methyl/N-ethyl adjacent to an activating group) is 7. The number of aliphatic hydroxyl groups is 1. The smallest absolute Gasteiger partial charge is 0.256 e. The fourth-order valence-electron chi connectivity index (χ4n) is 12.2. The van der Waals surface area contributed by atoms with Crippen LogP contribution in [-0.4, -0.2) is 237 Å². The van der Waals surface area contributed by atoms with Gasteiger partial charge >= 0.3 is 0 Å². The molecule has 0 aliphatic carbocycles. The zero-order valence-corrected chi connectivity index (χ0v) is 62.2. The van der Waals surface area contributed by atoms with Gasteiger partial charge in [-0.1, -0.05) is 139 Å². The Kier molecular flexibility index (Phi) is 34.0. The van der Waals surface area contributed by atoms with Crippen molar-refractivity contribution in [3.63, 3.8) is 0 Å². The van der Waals surface area contributed by atoms with E-state index in [2.05, 4.69) is 16.0 Å². The number of nitrogens with one attached hydrogen (secondary N) is 3. The maximum absolute atomic E-state index is 15.8. The minimum absolute atomic E-state index is 0.000676. The van der Waals surface area contributed by atoms with Crippen LogP contribution in [0.4, 0.5) is 0 Å². The number of nitrogens with zero attached hydrogens (tertiary/aromatic N) is 8. The largest absolute Gasteiger partial charge is 0.390 e. The van der Waals surface area contributed by atoms with Gasteiger partial charge in [-0.25, -0.2) is 0 Å². The van der Waals surface area contributed by atoms with Crippen LogP contribution < -0.4 is 16.0 Å². The van der Waals surface area contributed by atoms with Crippen LogP contribution in [0, 0.1) is 41.4 Å². The van der Waals surface area contributed by atoms with E-state index >= 15 is 33.6 Å². The first-order valence-electron chi connectivity index (χ1n) is 33.6. The van der Waals surface area contributed by atoms with E-state index in [1.807, 2.05) is 86.6 Å². The van der Waals surface area contributed by atoms with E-state index in [-0.39, 0.29) is 62.3 Å². The lowest BCUT2D eigenvalue weighted by Gasteiger charge is -2.42. The Bertz CT molecular complexity index is 2750. The van der Waals surface area contributed by atoms with Gasteiger partial charge in [0.05, 0.1) is 6.10 Å². The van der Waals surface area contributed by atoms with Gasteiger partial charge in [-0.2, -0.15) is 0 Å². The van der Waals surface area contributed by atoms with E-state index in [0.717, 1.165) is 16.7 Å². The van der Waals surface area contributed by atoms with Crippen molar-refractivity contribution in [1.29, 1.82) is 0 Å². The van der Waals surface area contributed by atoms with Gasteiger partial charge in [0.15, 0.2) is 5.37 Å². The first kappa shape index (κ1) is 83.5. The number of thioether (sulfide) groups is 1. The summed E-state index contributed by atoms with van der Waals surface area (Å²) in [5, 5.41) is 19.3. The molecule has 11 amide bonds. The van der Waals surface area contributed by atoms with Gasteiger partial charge in [-0.3, -0.25) is 52.7 Å². The summed E-state index contributed by atoms with van der Waals surface area (Å²) < 4.78 is 0. The number of benzene rings is 1. The minimum Gasteiger partial charge on any atom is -0.390 e. The number of hydrogen-bond acceptors (Lipinski definition) is 13. The summed E-state index contributed by atoms with van der Waals surface area (Å²) >= 11 is 1.03. The lowest BCUT2D eigenvalue weighted by Crippen LogP contribution is -2.64. The van der Waals surface area contributed by atoms with E-state index in [0.29, 0.717) is 12.0 Å². The molecular weight excluding hydrogens is 1220 g/mol. The van der Waals surface area contributed by atoms with Gasteiger partial charge in [0, 0.05) is 55.9 Å². The molecule has 2 rings (SSSR count). The van der Waals surface area contributed by atoms with Crippen molar-refractivity contribution in [2.45, 2.75) is 235 Å². The van der Waals surface area contributed by atoms with E-state index in [4.69, 9.17) is 0 Å². The van der Waals surface area contributed by atoms with Crippen molar-refractivity contribution in [3.05, 3.63) is 48.0 Å². The zero-order valence-electron chi connectivity index (χ0n) is 61.4. The monoisotopic (exact) mass is 1340 g/mol. The Morgan fingerprint density at radius 3 is 1.34 bits per heavy atom. The second-order valence-corrected chi connectivity index (χ2v) is 29.2. The van der Waals surface area contributed by atoms with E-state index in [9.17, 15) is 24.3 Å².